The summed E-state index contributed by atoms with van der Waals surface area (Å²) in [6, 6.07) is 0. The summed E-state index contributed by atoms with van der Waals surface area (Å²) in [6.45, 7) is 0. The third-order valence-corrected chi connectivity index (χ3v) is 0. The Bertz CT molecular complexity index is 6.85. The topological polar surface area (TPSA) is 77.1 Å². The van der Waals surface area contributed by atoms with Crippen molar-refractivity contribution in [3.8, 4) is 0 Å². The summed E-state index contributed by atoms with van der Waals surface area (Å²) in [5.74, 6) is 0. The summed E-state index contributed by atoms with van der Waals surface area (Å²) in [7, 11) is 0. The van der Waals surface area contributed by atoms with E-state index in [1.54, 1.807) is 0 Å². The monoisotopic (exact) mass is 164 g/mol. The van der Waals surface area contributed by atoms with Gasteiger partial charge in [-0.2, -0.15) is 0 Å². The summed E-state index contributed by atoms with van der Waals surface area (Å²) < 4.78 is 7.94. The van der Waals surface area contributed by atoms with E-state index in [1.807, 2.05) is 0 Å². The van der Waals surface area contributed by atoms with Gasteiger partial charge in [0.05, 0.1) is 0 Å². The van der Waals surface area contributed by atoms with Gasteiger partial charge < -0.3 is 11.0 Å². The van der Waals surface area contributed by atoms with Gasteiger partial charge in [0.1, 0.15) is 0 Å². The molecule has 5 heteroatoms. The molecule has 0 amide bonds. The van der Waals surface area contributed by atoms with Crippen LogP contribution >= 0.6 is 0 Å². The SMILES string of the molecule is [Mn+2].[OH-].[OH-].[O]=[Co]. The molecule has 0 aromatic carbocycles. The van der Waals surface area contributed by atoms with Crippen molar-refractivity contribution in [1.82, 2.24) is 0 Å². The molecule has 2 N–H and O–H groups in total. The van der Waals surface area contributed by atoms with E-state index in [0.29, 0.717) is 0 Å². The number of rotatable bonds is 0. The molecule has 0 aliphatic carbocycles. The van der Waals surface area contributed by atoms with E-state index >= 15 is 0 Å². The van der Waals surface area contributed by atoms with E-state index in [-0.39, 0.29) is 28.0 Å². The van der Waals surface area contributed by atoms with E-state index in [4.69, 9.17) is 3.87 Å². The van der Waals surface area contributed by atoms with Gasteiger partial charge in [0, 0.05) is 0 Å². The van der Waals surface area contributed by atoms with Crippen LogP contribution in [-0.4, -0.2) is 11.0 Å². The van der Waals surface area contributed by atoms with Gasteiger partial charge in [0.25, 0.3) is 0 Å². The maximum absolute atomic E-state index is 7.94. The predicted molar refractivity (Wildman–Crippen MR) is 4.56 cm³/mol. The molecule has 5 heavy (non-hydrogen) atoms. The summed E-state index contributed by atoms with van der Waals surface area (Å²) in [6.07, 6.45) is 0. The van der Waals surface area contributed by atoms with Crippen molar-refractivity contribution >= 4 is 0 Å². The minimum absolute atomic E-state index is 0. The Hall–Kier alpha value is 0.746. The molecule has 0 fully saturated rings. The van der Waals surface area contributed by atoms with Gasteiger partial charge in [-0.05, 0) is 0 Å². The first-order valence-electron chi connectivity index (χ1n) is 0.136. The second kappa shape index (κ2) is 120. The zero-order valence-corrected chi connectivity index (χ0v) is 4.24. The third kappa shape index (κ3) is 64.3. The Labute approximate surface area is 48.0 Å². The molecule has 0 unspecified atom stereocenters. The molecule has 3 nitrogen and oxygen atoms in total. The van der Waals surface area contributed by atoms with E-state index in [1.165, 1.54) is 0 Å². The molecule has 0 atom stereocenters. The summed E-state index contributed by atoms with van der Waals surface area (Å²) in [4.78, 5) is 0. The molecule has 0 aromatic heterocycles. The van der Waals surface area contributed by atoms with Crippen LogP contribution < -0.4 is 0 Å². The average Bonchev–Trinajstić information content (AvgIpc) is 1.00. The average molecular weight is 164 g/mol. The van der Waals surface area contributed by atoms with Crippen molar-refractivity contribution in [2.45, 2.75) is 0 Å². The predicted octanol–water partition coefficient (Wildman–Crippen LogP) is -0.477. The van der Waals surface area contributed by atoms with Gasteiger partial charge in [-0.1, -0.05) is 0 Å². The molecule has 0 saturated heterocycles. The van der Waals surface area contributed by atoms with E-state index in [0.717, 1.165) is 0 Å². The minimum atomic E-state index is 0. The van der Waals surface area contributed by atoms with Crippen LogP contribution in [0.25, 0.3) is 0 Å². The Morgan fingerprint density at radius 3 is 1.00 bits per heavy atom. The van der Waals surface area contributed by atoms with Gasteiger partial charge in [-0.15, -0.1) is 0 Å². The Kier molecular flexibility index (Phi) is 1020. The maximum atomic E-state index is 7.94. The van der Waals surface area contributed by atoms with Crippen LogP contribution in [0.3, 0.4) is 0 Å². The summed E-state index contributed by atoms with van der Waals surface area (Å²) in [5, 5.41) is 0. The zero-order chi connectivity index (χ0) is 2.00. The summed E-state index contributed by atoms with van der Waals surface area (Å²) in [5.41, 5.74) is 0. The van der Waals surface area contributed by atoms with Crippen LogP contribution in [0.4, 0.5) is 0 Å². The van der Waals surface area contributed by atoms with Crippen LogP contribution in [0.2, 0.25) is 0 Å². The van der Waals surface area contributed by atoms with Crippen molar-refractivity contribution in [3.05, 3.63) is 0 Å². The molecule has 0 aliphatic rings. The van der Waals surface area contributed by atoms with Gasteiger partial charge in [-0.25, -0.2) is 0 Å². The fourth-order valence-corrected chi connectivity index (χ4v) is 0. The second-order valence-electron chi connectivity index (χ2n) is 0. The molecule has 36 valence electrons. The van der Waals surface area contributed by atoms with Crippen LogP contribution in [0.1, 0.15) is 0 Å². The second-order valence-corrected chi connectivity index (χ2v) is 0. The van der Waals surface area contributed by atoms with Crippen LogP contribution in [0.15, 0.2) is 0 Å². The van der Waals surface area contributed by atoms with E-state index in [9.17, 15) is 0 Å². The van der Waals surface area contributed by atoms with Crippen LogP contribution in [-0.2, 0) is 36.6 Å². The first kappa shape index (κ1) is 42.5. The first-order chi connectivity index (χ1) is 1.00. The number of hydrogen-bond acceptors (Lipinski definition) is 3. The molecule has 0 aromatic rings. The zero-order valence-electron chi connectivity index (χ0n) is 2.01. The summed E-state index contributed by atoms with van der Waals surface area (Å²) >= 11 is 2.31. The number of hydrogen-bond donors (Lipinski definition) is 0. The molecular formula is H2CoMnO3. The van der Waals surface area contributed by atoms with Crippen molar-refractivity contribution in [2.24, 2.45) is 0 Å². The molecule has 0 rings (SSSR count). The van der Waals surface area contributed by atoms with E-state index < -0.39 is 0 Å². The molecule has 0 heterocycles. The molecule has 0 aliphatic heterocycles. The molecular weight excluding hydrogens is 162 g/mol. The Morgan fingerprint density at radius 1 is 1.00 bits per heavy atom. The van der Waals surface area contributed by atoms with Crippen molar-refractivity contribution in [2.75, 3.05) is 0 Å². The van der Waals surface area contributed by atoms with Gasteiger partial charge in [0.2, 0.25) is 0 Å². The van der Waals surface area contributed by atoms with Gasteiger partial charge in [0.15, 0.2) is 0 Å². The molecule has 0 saturated carbocycles. The fraction of sp³-hybridized carbons (Fsp3) is 0. The quantitative estimate of drug-likeness (QED) is 0.453. The molecule has 1 radical (unpaired) electrons. The normalized spacial score (nSPS) is 1.00. The molecule has 0 bridgehead atoms. The van der Waals surface area contributed by atoms with Crippen LogP contribution in [0, 0.1) is 0 Å². The standard InChI is InChI=1S/Co.Mn.2H2O.O/h;;2*1H2;/q;+2;;;/p-2. The van der Waals surface area contributed by atoms with Gasteiger partial charge >= 0.3 is 36.6 Å². The van der Waals surface area contributed by atoms with Crippen molar-refractivity contribution < 1.29 is 47.6 Å². The Morgan fingerprint density at radius 2 is 1.00 bits per heavy atom. The fourth-order valence-electron chi connectivity index (χ4n) is 0. The third-order valence-electron chi connectivity index (χ3n) is 0. The van der Waals surface area contributed by atoms with Crippen molar-refractivity contribution in [1.29, 1.82) is 0 Å². The van der Waals surface area contributed by atoms with Crippen molar-refractivity contribution in [3.63, 3.8) is 0 Å². The Balaban J connectivity index is -0.00000000167. The molecule has 0 spiro atoms. The van der Waals surface area contributed by atoms with Gasteiger partial charge in [-0.3, -0.25) is 0 Å². The van der Waals surface area contributed by atoms with Crippen LogP contribution in [0.5, 0.6) is 0 Å². The van der Waals surface area contributed by atoms with E-state index in [2.05, 4.69) is 15.7 Å². The first-order valence-corrected chi connectivity index (χ1v) is 0.561.